The molecule has 0 fully saturated rings. The Morgan fingerprint density at radius 2 is 2.29 bits per heavy atom. The second-order valence-electron chi connectivity index (χ2n) is 5.15. The third-order valence-corrected chi connectivity index (χ3v) is 4.23. The molecule has 1 aliphatic heterocycles. The number of nitrogens with zero attached hydrogens (tertiary/aromatic N) is 1. The molecule has 1 aromatic heterocycles. The Hall–Kier alpha value is -2.07. The van der Waals surface area contributed by atoms with Gasteiger partial charge in [-0.05, 0) is 30.3 Å². The minimum atomic E-state index is 0.717. The quantitative estimate of drug-likeness (QED) is 0.673. The molecule has 0 amide bonds. The summed E-state index contributed by atoms with van der Waals surface area (Å²) in [7, 11) is 0. The molecule has 0 spiro atoms. The second-order valence-corrected chi connectivity index (χ2v) is 5.53. The lowest BCUT2D eigenvalue weighted by molar-refractivity contribution is 0.453. The molecule has 2 N–H and O–H groups in total. The molecule has 0 saturated heterocycles. The number of hydrogen-bond donors (Lipinski definition) is 2. The monoisotopic (exact) mass is 297 g/mol. The molecule has 4 heteroatoms. The third kappa shape index (κ3) is 2.85. The molecule has 0 saturated carbocycles. The van der Waals surface area contributed by atoms with Crippen molar-refractivity contribution in [3.8, 4) is 0 Å². The summed E-state index contributed by atoms with van der Waals surface area (Å²) in [6.45, 7) is 6.22. The van der Waals surface area contributed by atoms with E-state index in [4.69, 9.17) is 12.2 Å². The first-order valence-electron chi connectivity index (χ1n) is 7.19. The number of thiocarbonyl (C=S) groups is 1. The Labute approximate surface area is 130 Å². The lowest BCUT2D eigenvalue weighted by Crippen LogP contribution is -2.41. The Bertz CT molecular complexity index is 699. The summed E-state index contributed by atoms with van der Waals surface area (Å²) in [5.41, 5.74) is 3.91. The average Bonchev–Trinajstić information content (AvgIpc) is 2.97. The first-order chi connectivity index (χ1) is 10.3. The van der Waals surface area contributed by atoms with Crippen molar-refractivity contribution in [3.05, 3.63) is 54.8 Å². The molecule has 0 unspecified atom stereocenters. The number of H-pyrrole nitrogens is 1. The smallest absolute Gasteiger partial charge is 0.169 e. The van der Waals surface area contributed by atoms with Gasteiger partial charge in [-0.1, -0.05) is 30.4 Å². The predicted molar refractivity (Wildman–Crippen MR) is 93.3 cm³/mol. The predicted octanol–water partition coefficient (Wildman–Crippen LogP) is 3.32. The number of nitrogens with one attached hydrogen (secondary N) is 2. The fraction of sp³-hybridized carbons (Fsp3) is 0.235. The Kier molecular flexibility index (Phi) is 4.06. The van der Waals surface area contributed by atoms with Gasteiger partial charge in [0.2, 0.25) is 0 Å². The van der Waals surface area contributed by atoms with Gasteiger partial charge in [0.1, 0.15) is 0 Å². The van der Waals surface area contributed by atoms with Crippen LogP contribution in [0.2, 0.25) is 0 Å². The summed E-state index contributed by atoms with van der Waals surface area (Å²) in [5.74, 6) is 0. The van der Waals surface area contributed by atoms with Crippen molar-refractivity contribution in [3.63, 3.8) is 0 Å². The number of rotatable bonds is 3. The van der Waals surface area contributed by atoms with Crippen molar-refractivity contribution in [1.29, 1.82) is 0 Å². The van der Waals surface area contributed by atoms with Crippen LogP contribution in [-0.2, 0) is 0 Å². The van der Waals surface area contributed by atoms with Crippen molar-refractivity contribution in [2.45, 2.75) is 6.42 Å². The third-order valence-electron chi connectivity index (χ3n) is 3.83. The van der Waals surface area contributed by atoms with E-state index in [9.17, 15) is 0 Å². The molecule has 3 rings (SSSR count). The molecule has 2 heterocycles. The zero-order chi connectivity index (χ0) is 14.7. The Balaban J connectivity index is 1.75. The van der Waals surface area contributed by atoms with Gasteiger partial charge in [0.25, 0.3) is 0 Å². The van der Waals surface area contributed by atoms with Crippen LogP contribution in [0.25, 0.3) is 16.5 Å². The number of fused-ring (bicyclic) bond motifs is 1. The molecular weight excluding hydrogens is 278 g/mol. The zero-order valence-electron chi connectivity index (χ0n) is 11.9. The lowest BCUT2D eigenvalue weighted by Gasteiger charge is -2.28. The van der Waals surface area contributed by atoms with E-state index in [1.165, 1.54) is 22.0 Å². The van der Waals surface area contributed by atoms with Crippen LogP contribution in [0.15, 0.2) is 49.2 Å². The van der Waals surface area contributed by atoms with E-state index in [0.717, 1.165) is 24.6 Å². The van der Waals surface area contributed by atoms with E-state index in [2.05, 4.69) is 58.3 Å². The van der Waals surface area contributed by atoms with Gasteiger partial charge in [-0.2, -0.15) is 0 Å². The van der Waals surface area contributed by atoms with Gasteiger partial charge in [0.05, 0.1) is 0 Å². The Morgan fingerprint density at radius 3 is 3.05 bits per heavy atom. The molecule has 0 atom stereocenters. The van der Waals surface area contributed by atoms with Crippen LogP contribution >= 0.6 is 12.2 Å². The molecule has 2 aromatic rings. The van der Waals surface area contributed by atoms with Gasteiger partial charge in [-0.3, -0.25) is 0 Å². The summed E-state index contributed by atoms with van der Waals surface area (Å²) in [6.07, 6.45) is 7.22. The lowest BCUT2D eigenvalue weighted by atomic mass is 9.99. The molecule has 3 nitrogen and oxygen atoms in total. The maximum Gasteiger partial charge on any atom is 0.169 e. The van der Waals surface area contributed by atoms with Crippen LogP contribution in [0.1, 0.15) is 12.0 Å². The molecule has 108 valence electrons. The van der Waals surface area contributed by atoms with Crippen LogP contribution in [-0.4, -0.2) is 34.6 Å². The fourth-order valence-electron chi connectivity index (χ4n) is 2.71. The van der Waals surface area contributed by atoms with Crippen molar-refractivity contribution < 1.29 is 0 Å². The fourth-order valence-corrected chi connectivity index (χ4v) is 2.96. The SMILES string of the molecule is C=CCNC(=S)N1CC=C(c2c[nH]c3ccccc23)CC1. The molecule has 0 radical (unpaired) electrons. The summed E-state index contributed by atoms with van der Waals surface area (Å²) in [5, 5.41) is 5.29. The molecular formula is C17H19N3S. The minimum absolute atomic E-state index is 0.717. The summed E-state index contributed by atoms with van der Waals surface area (Å²) < 4.78 is 0. The van der Waals surface area contributed by atoms with E-state index >= 15 is 0 Å². The largest absolute Gasteiger partial charge is 0.361 e. The summed E-state index contributed by atoms with van der Waals surface area (Å²) in [6, 6.07) is 8.43. The zero-order valence-corrected chi connectivity index (χ0v) is 12.7. The van der Waals surface area contributed by atoms with Crippen molar-refractivity contribution in [1.82, 2.24) is 15.2 Å². The van der Waals surface area contributed by atoms with E-state index in [1.54, 1.807) is 0 Å². The van der Waals surface area contributed by atoms with Gasteiger partial charge < -0.3 is 15.2 Å². The number of para-hydroxylation sites is 1. The van der Waals surface area contributed by atoms with Crippen LogP contribution in [0.4, 0.5) is 0 Å². The van der Waals surface area contributed by atoms with Crippen LogP contribution in [0.3, 0.4) is 0 Å². The standard InChI is InChI=1S/C17H19N3S/c1-2-9-18-17(21)20-10-7-13(8-11-20)15-12-19-16-6-4-3-5-14(15)16/h2-7,12,19H,1,8-11H2,(H,18,21). The Morgan fingerprint density at radius 1 is 1.43 bits per heavy atom. The molecule has 1 aromatic carbocycles. The topological polar surface area (TPSA) is 31.1 Å². The van der Waals surface area contributed by atoms with Crippen LogP contribution in [0.5, 0.6) is 0 Å². The highest BCUT2D eigenvalue weighted by Crippen LogP contribution is 2.29. The van der Waals surface area contributed by atoms with Crippen molar-refractivity contribution in [2.24, 2.45) is 0 Å². The van der Waals surface area contributed by atoms with E-state index < -0.39 is 0 Å². The molecule has 1 aliphatic rings. The first kappa shape index (κ1) is 13.9. The van der Waals surface area contributed by atoms with Gasteiger partial charge in [0.15, 0.2) is 5.11 Å². The number of aromatic nitrogens is 1. The maximum atomic E-state index is 5.39. The van der Waals surface area contributed by atoms with E-state index in [0.29, 0.717) is 6.54 Å². The van der Waals surface area contributed by atoms with Gasteiger partial charge in [0, 0.05) is 42.3 Å². The van der Waals surface area contributed by atoms with Gasteiger partial charge >= 0.3 is 0 Å². The average molecular weight is 297 g/mol. The summed E-state index contributed by atoms with van der Waals surface area (Å²) >= 11 is 5.39. The van der Waals surface area contributed by atoms with Gasteiger partial charge in [-0.25, -0.2) is 0 Å². The first-order valence-corrected chi connectivity index (χ1v) is 7.59. The normalized spacial score (nSPS) is 14.9. The van der Waals surface area contributed by atoms with Crippen molar-refractivity contribution >= 4 is 33.8 Å². The number of hydrogen-bond acceptors (Lipinski definition) is 1. The van der Waals surface area contributed by atoms with Gasteiger partial charge in [-0.15, -0.1) is 6.58 Å². The highest BCUT2D eigenvalue weighted by molar-refractivity contribution is 7.80. The van der Waals surface area contributed by atoms with Crippen LogP contribution < -0.4 is 5.32 Å². The minimum Gasteiger partial charge on any atom is -0.361 e. The van der Waals surface area contributed by atoms with E-state index in [1.807, 2.05) is 6.08 Å². The van der Waals surface area contributed by atoms with E-state index in [-0.39, 0.29) is 0 Å². The van der Waals surface area contributed by atoms with Crippen LogP contribution in [0, 0.1) is 0 Å². The molecule has 21 heavy (non-hydrogen) atoms. The highest BCUT2D eigenvalue weighted by atomic mass is 32.1. The number of aromatic amines is 1. The molecule has 0 bridgehead atoms. The highest BCUT2D eigenvalue weighted by Gasteiger charge is 2.16. The number of benzene rings is 1. The second kappa shape index (κ2) is 6.14. The molecule has 0 aliphatic carbocycles. The van der Waals surface area contributed by atoms with Crippen molar-refractivity contribution in [2.75, 3.05) is 19.6 Å². The maximum absolute atomic E-state index is 5.39. The summed E-state index contributed by atoms with van der Waals surface area (Å²) in [4.78, 5) is 5.54.